The minimum absolute atomic E-state index is 0.182. The summed E-state index contributed by atoms with van der Waals surface area (Å²) >= 11 is 3.22. The fourth-order valence-electron chi connectivity index (χ4n) is 1.14. The monoisotopic (exact) mass is 297 g/mol. The summed E-state index contributed by atoms with van der Waals surface area (Å²) in [6.07, 6.45) is 0. The van der Waals surface area contributed by atoms with Gasteiger partial charge in [-0.2, -0.15) is 21.0 Å². The Morgan fingerprint density at radius 3 is 2.22 bits per heavy atom. The van der Waals surface area contributed by atoms with E-state index in [0.717, 1.165) is 0 Å². The first kappa shape index (κ1) is 13.3. The fourth-order valence-corrected chi connectivity index (χ4v) is 1.50. The summed E-state index contributed by atoms with van der Waals surface area (Å²) in [5.41, 5.74) is 0.149. The van der Waals surface area contributed by atoms with E-state index in [1.165, 1.54) is 0 Å². The summed E-state index contributed by atoms with van der Waals surface area (Å²) in [6, 6.07) is 11.7. The maximum Gasteiger partial charge on any atom is 0.163 e. The number of anilines is 1. The Morgan fingerprint density at radius 2 is 1.72 bits per heavy atom. The molecule has 0 saturated carbocycles. The summed E-state index contributed by atoms with van der Waals surface area (Å²) in [5.74, 6) is 0. The third-order valence-corrected chi connectivity index (χ3v) is 2.44. The third-order valence-electron chi connectivity index (χ3n) is 1.95. The Morgan fingerprint density at radius 1 is 1.06 bits per heavy atom. The first-order chi connectivity index (χ1) is 8.65. The first-order valence-corrected chi connectivity index (χ1v) is 5.36. The molecule has 18 heavy (non-hydrogen) atoms. The maximum atomic E-state index is 8.94. The summed E-state index contributed by atoms with van der Waals surface area (Å²) < 4.78 is 0.716. The number of rotatable bonds is 2. The van der Waals surface area contributed by atoms with Crippen LogP contribution in [0.5, 0.6) is 0 Å². The van der Waals surface area contributed by atoms with Crippen LogP contribution in [0.1, 0.15) is 5.56 Å². The van der Waals surface area contributed by atoms with Crippen LogP contribution in [-0.2, 0) is 0 Å². The van der Waals surface area contributed by atoms with Gasteiger partial charge in [0.25, 0.3) is 0 Å². The third kappa shape index (κ3) is 2.86. The van der Waals surface area contributed by atoms with Crippen molar-refractivity contribution in [1.29, 1.82) is 21.0 Å². The van der Waals surface area contributed by atoms with Crippen LogP contribution in [0.25, 0.3) is 0 Å². The van der Waals surface area contributed by atoms with E-state index in [9.17, 15) is 0 Å². The number of benzene rings is 1. The van der Waals surface area contributed by atoms with Crippen molar-refractivity contribution < 1.29 is 0 Å². The Bertz CT molecular complexity index is 660. The second-order valence-electron chi connectivity index (χ2n) is 3.01. The van der Waals surface area contributed by atoms with Crippen LogP contribution in [0.3, 0.4) is 0 Å². The van der Waals surface area contributed by atoms with Gasteiger partial charge in [0.1, 0.15) is 30.0 Å². The van der Waals surface area contributed by atoms with E-state index in [1.807, 2.05) is 6.07 Å². The molecular formula is C12H4BrN5. The van der Waals surface area contributed by atoms with Gasteiger partial charge in [0.15, 0.2) is 5.57 Å². The number of hydrogen-bond acceptors (Lipinski definition) is 5. The van der Waals surface area contributed by atoms with Crippen molar-refractivity contribution in [3.63, 3.8) is 0 Å². The summed E-state index contributed by atoms with van der Waals surface area (Å²) in [4.78, 5) is 0. The van der Waals surface area contributed by atoms with Crippen LogP contribution < -0.4 is 5.32 Å². The van der Waals surface area contributed by atoms with Crippen LogP contribution in [0, 0.1) is 45.3 Å². The molecule has 0 amide bonds. The van der Waals surface area contributed by atoms with Gasteiger partial charge in [0.2, 0.25) is 0 Å². The number of nitrogens with one attached hydrogen (secondary N) is 1. The number of hydrogen-bond donors (Lipinski definition) is 1. The number of allylic oxidation sites excluding steroid dienone is 2. The van der Waals surface area contributed by atoms with E-state index in [-0.39, 0.29) is 11.3 Å². The molecule has 0 aliphatic heterocycles. The zero-order valence-corrected chi connectivity index (χ0v) is 10.5. The molecule has 0 saturated heterocycles. The molecule has 0 bridgehead atoms. The van der Waals surface area contributed by atoms with Crippen LogP contribution in [-0.4, -0.2) is 0 Å². The van der Waals surface area contributed by atoms with Gasteiger partial charge < -0.3 is 5.32 Å². The Balaban J connectivity index is 3.26. The zero-order chi connectivity index (χ0) is 13.5. The van der Waals surface area contributed by atoms with E-state index >= 15 is 0 Å². The van der Waals surface area contributed by atoms with E-state index < -0.39 is 0 Å². The lowest BCUT2D eigenvalue weighted by Crippen LogP contribution is -2.02. The van der Waals surface area contributed by atoms with Crippen molar-refractivity contribution in [2.75, 3.05) is 5.32 Å². The average Bonchev–Trinajstić information content (AvgIpc) is 2.40. The van der Waals surface area contributed by atoms with Gasteiger partial charge in [0, 0.05) is 4.47 Å². The summed E-state index contributed by atoms with van der Waals surface area (Å²) in [5, 5.41) is 37.8. The second kappa shape index (κ2) is 6.06. The van der Waals surface area contributed by atoms with Crippen molar-refractivity contribution >= 4 is 21.6 Å². The van der Waals surface area contributed by atoms with Crippen molar-refractivity contribution in [2.24, 2.45) is 0 Å². The second-order valence-corrected chi connectivity index (χ2v) is 3.93. The van der Waals surface area contributed by atoms with Crippen molar-refractivity contribution in [2.45, 2.75) is 0 Å². The van der Waals surface area contributed by atoms with E-state index in [2.05, 4.69) is 21.2 Å². The lowest BCUT2D eigenvalue weighted by atomic mass is 10.1. The minimum Gasteiger partial charge on any atom is -0.344 e. The van der Waals surface area contributed by atoms with E-state index in [0.29, 0.717) is 15.7 Å². The molecule has 0 radical (unpaired) electrons. The largest absolute Gasteiger partial charge is 0.344 e. The molecule has 6 heteroatoms. The molecule has 1 aromatic rings. The Hall–Kier alpha value is -2.80. The van der Waals surface area contributed by atoms with Gasteiger partial charge in [-0.3, -0.25) is 0 Å². The molecule has 1 N–H and O–H groups in total. The normalized spacial score (nSPS) is 8.06. The number of nitriles is 4. The predicted molar refractivity (Wildman–Crippen MR) is 66.3 cm³/mol. The van der Waals surface area contributed by atoms with Crippen LogP contribution in [0.2, 0.25) is 0 Å². The minimum atomic E-state index is -0.329. The van der Waals surface area contributed by atoms with Gasteiger partial charge in [-0.1, -0.05) is 15.9 Å². The van der Waals surface area contributed by atoms with Gasteiger partial charge in [-0.25, -0.2) is 0 Å². The fraction of sp³-hybridized carbons (Fsp3) is 0. The highest BCUT2D eigenvalue weighted by Gasteiger charge is 2.09. The smallest absolute Gasteiger partial charge is 0.163 e. The van der Waals surface area contributed by atoms with Crippen LogP contribution >= 0.6 is 15.9 Å². The highest BCUT2D eigenvalue weighted by atomic mass is 79.9. The van der Waals surface area contributed by atoms with Gasteiger partial charge in [0.05, 0.1) is 11.3 Å². The van der Waals surface area contributed by atoms with Crippen LogP contribution in [0.4, 0.5) is 5.69 Å². The molecular weight excluding hydrogens is 294 g/mol. The standard InChI is InChI=1S/C12H4BrN5/c13-10-1-2-11(8(3-10)4-14)18-12(7-17)9(5-15)6-16/h1-3,18H. The molecule has 1 aromatic carbocycles. The highest BCUT2D eigenvalue weighted by molar-refractivity contribution is 9.10. The Labute approximate surface area is 112 Å². The Kier molecular flexibility index (Phi) is 4.47. The predicted octanol–water partition coefficient (Wildman–Crippen LogP) is 2.56. The van der Waals surface area contributed by atoms with Crippen molar-refractivity contribution in [3.8, 4) is 24.3 Å². The molecule has 84 valence electrons. The van der Waals surface area contributed by atoms with Gasteiger partial charge in [-0.05, 0) is 18.2 Å². The van der Waals surface area contributed by atoms with Crippen molar-refractivity contribution in [3.05, 3.63) is 39.5 Å². The van der Waals surface area contributed by atoms with E-state index in [4.69, 9.17) is 21.0 Å². The summed E-state index contributed by atoms with van der Waals surface area (Å²) in [6.45, 7) is 0. The molecule has 0 aliphatic rings. The molecule has 0 unspecified atom stereocenters. The lowest BCUT2D eigenvalue weighted by molar-refractivity contribution is 1.36. The van der Waals surface area contributed by atoms with E-state index in [1.54, 1.807) is 36.4 Å². The zero-order valence-electron chi connectivity index (χ0n) is 8.90. The summed E-state index contributed by atoms with van der Waals surface area (Å²) in [7, 11) is 0. The average molecular weight is 298 g/mol. The van der Waals surface area contributed by atoms with Gasteiger partial charge in [-0.15, -0.1) is 0 Å². The highest BCUT2D eigenvalue weighted by Crippen LogP contribution is 2.22. The molecule has 0 spiro atoms. The van der Waals surface area contributed by atoms with Crippen LogP contribution in [0.15, 0.2) is 33.9 Å². The molecule has 0 heterocycles. The molecule has 0 fully saturated rings. The lowest BCUT2D eigenvalue weighted by Gasteiger charge is -2.06. The van der Waals surface area contributed by atoms with Gasteiger partial charge >= 0.3 is 0 Å². The number of nitrogens with zero attached hydrogens (tertiary/aromatic N) is 4. The SMILES string of the molecule is N#CC(C#N)=C(C#N)Nc1ccc(Br)cc1C#N. The quantitative estimate of drug-likeness (QED) is 0.844. The molecule has 0 aliphatic carbocycles. The number of halogens is 1. The molecule has 5 nitrogen and oxygen atoms in total. The first-order valence-electron chi connectivity index (χ1n) is 4.57. The molecule has 1 rings (SSSR count). The maximum absolute atomic E-state index is 8.94. The molecule has 0 aromatic heterocycles. The topological polar surface area (TPSA) is 107 Å². The van der Waals surface area contributed by atoms with Crippen molar-refractivity contribution in [1.82, 2.24) is 0 Å². The molecule has 0 atom stereocenters.